The second-order valence-electron chi connectivity index (χ2n) is 4.86. The Labute approximate surface area is 128 Å². The average Bonchev–Trinajstić information content (AvgIpc) is 3.01. The predicted octanol–water partition coefficient (Wildman–Crippen LogP) is 3.07. The van der Waals surface area contributed by atoms with Crippen molar-refractivity contribution in [3.63, 3.8) is 0 Å². The smallest absolute Gasteiger partial charge is 0.178 e. The maximum atomic E-state index is 5.65. The fourth-order valence-electron chi connectivity index (χ4n) is 2.52. The van der Waals surface area contributed by atoms with Gasteiger partial charge in [-0.1, -0.05) is 6.07 Å². The van der Waals surface area contributed by atoms with Crippen LogP contribution in [0.5, 0.6) is 5.75 Å². The molecule has 0 aliphatic heterocycles. The number of H-pyrrole nitrogens is 1. The van der Waals surface area contributed by atoms with Gasteiger partial charge in [0.2, 0.25) is 0 Å². The van der Waals surface area contributed by atoms with Gasteiger partial charge in [-0.25, -0.2) is 0 Å². The lowest BCUT2D eigenvalue weighted by Crippen LogP contribution is -2.05. The van der Waals surface area contributed by atoms with Crippen molar-refractivity contribution >= 4 is 23.3 Å². The van der Waals surface area contributed by atoms with E-state index < -0.39 is 0 Å². The number of nitrogens with zero attached hydrogens (tertiary/aromatic N) is 3. The molecule has 0 spiro atoms. The Morgan fingerprint density at radius 3 is 2.90 bits per heavy atom. The Morgan fingerprint density at radius 2 is 2.19 bits per heavy atom. The van der Waals surface area contributed by atoms with Gasteiger partial charge in [-0.3, -0.25) is 4.68 Å². The van der Waals surface area contributed by atoms with E-state index >= 15 is 0 Å². The second-order valence-corrected chi connectivity index (χ2v) is 5.25. The predicted molar refractivity (Wildman–Crippen MR) is 85.2 cm³/mol. The van der Waals surface area contributed by atoms with Gasteiger partial charge in [0.1, 0.15) is 11.3 Å². The van der Waals surface area contributed by atoms with Gasteiger partial charge in [0, 0.05) is 31.9 Å². The van der Waals surface area contributed by atoms with Crippen LogP contribution in [-0.4, -0.2) is 25.9 Å². The number of rotatable bonds is 5. The molecule has 1 N–H and O–H groups in total. The molecule has 0 aliphatic carbocycles. The summed E-state index contributed by atoms with van der Waals surface area (Å²) in [4.78, 5) is 3.26. The number of nitrogens with one attached hydrogen (secondary N) is 1. The van der Waals surface area contributed by atoms with E-state index in [4.69, 9.17) is 17.0 Å². The summed E-state index contributed by atoms with van der Waals surface area (Å²) in [5, 5.41) is 4.19. The number of aromatic amines is 1. The standard InChI is InChI=1S/C15H18N4OS/c1-3-20-13-6-4-5-12-14(13)17-15(21)19(12)10-8-11-7-9-16-18(11)2/h4-7,9H,3,8,10H2,1-2H3,(H,17,21). The fraction of sp³-hybridized carbons (Fsp3) is 0.333. The Morgan fingerprint density at radius 1 is 1.33 bits per heavy atom. The van der Waals surface area contributed by atoms with Crippen LogP contribution in [0, 0.1) is 4.77 Å². The van der Waals surface area contributed by atoms with Crippen LogP contribution in [0.25, 0.3) is 11.0 Å². The molecule has 0 saturated carbocycles. The Balaban J connectivity index is 1.95. The third-order valence-electron chi connectivity index (χ3n) is 3.59. The van der Waals surface area contributed by atoms with Gasteiger partial charge in [-0.15, -0.1) is 0 Å². The first-order valence-electron chi connectivity index (χ1n) is 7.02. The number of hydrogen-bond acceptors (Lipinski definition) is 3. The van der Waals surface area contributed by atoms with E-state index in [2.05, 4.69) is 20.7 Å². The maximum Gasteiger partial charge on any atom is 0.178 e. The molecule has 0 fully saturated rings. The number of aryl methyl sites for hydroxylation is 3. The topological polar surface area (TPSA) is 47.8 Å². The van der Waals surface area contributed by atoms with E-state index in [9.17, 15) is 0 Å². The third kappa shape index (κ3) is 2.58. The van der Waals surface area contributed by atoms with E-state index in [0.717, 1.165) is 34.5 Å². The van der Waals surface area contributed by atoms with Crippen molar-refractivity contribution in [2.75, 3.05) is 6.61 Å². The summed E-state index contributed by atoms with van der Waals surface area (Å²) in [6.45, 7) is 3.43. The number of hydrogen-bond donors (Lipinski definition) is 1. The van der Waals surface area contributed by atoms with Crippen LogP contribution >= 0.6 is 12.2 Å². The van der Waals surface area contributed by atoms with Crippen molar-refractivity contribution in [3.05, 3.63) is 40.9 Å². The van der Waals surface area contributed by atoms with E-state index in [-0.39, 0.29) is 0 Å². The maximum absolute atomic E-state index is 5.65. The third-order valence-corrected chi connectivity index (χ3v) is 3.91. The average molecular weight is 302 g/mol. The molecule has 0 radical (unpaired) electrons. The minimum absolute atomic E-state index is 0.639. The molecule has 0 bridgehead atoms. The molecular weight excluding hydrogens is 284 g/mol. The molecule has 21 heavy (non-hydrogen) atoms. The molecule has 0 aliphatic rings. The van der Waals surface area contributed by atoms with Gasteiger partial charge >= 0.3 is 0 Å². The lowest BCUT2D eigenvalue weighted by atomic mass is 10.2. The molecule has 0 atom stereocenters. The van der Waals surface area contributed by atoms with Crippen LogP contribution in [0.15, 0.2) is 30.5 Å². The zero-order chi connectivity index (χ0) is 14.8. The summed E-state index contributed by atoms with van der Waals surface area (Å²) >= 11 is 5.45. The van der Waals surface area contributed by atoms with Gasteiger partial charge in [0.05, 0.1) is 12.1 Å². The minimum Gasteiger partial charge on any atom is -0.492 e. The van der Waals surface area contributed by atoms with Crippen LogP contribution in [0.1, 0.15) is 12.6 Å². The summed E-state index contributed by atoms with van der Waals surface area (Å²) in [5.41, 5.74) is 3.23. The minimum atomic E-state index is 0.639. The molecule has 1 aromatic carbocycles. The highest BCUT2D eigenvalue weighted by atomic mass is 32.1. The first kappa shape index (κ1) is 13.9. The molecule has 0 unspecified atom stereocenters. The van der Waals surface area contributed by atoms with Crippen molar-refractivity contribution in [1.82, 2.24) is 19.3 Å². The number of ether oxygens (including phenoxy) is 1. The molecular formula is C15H18N4OS. The molecule has 0 amide bonds. The van der Waals surface area contributed by atoms with Gasteiger partial charge < -0.3 is 14.3 Å². The van der Waals surface area contributed by atoms with Crippen molar-refractivity contribution in [1.29, 1.82) is 0 Å². The molecule has 6 heteroatoms. The van der Waals surface area contributed by atoms with E-state index in [1.54, 1.807) is 0 Å². The largest absolute Gasteiger partial charge is 0.492 e. The second kappa shape index (κ2) is 5.73. The first-order chi connectivity index (χ1) is 10.2. The summed E-state index contributed by atoms with van der Waals surface area (Å²) in [7, 11) is 1.96. The van der Waals surface area contributed by atoms with Crippen molar-refractivity contribution < 1.29 is 4.74 Å². The quantitative estimate of drug-likeness (QED) is 0.737. The Bertz CT molecular complexity index is 815. The lowest BCUT2D eigenvalue weighted by Gasteiger charge is -2.07. The van der Waals surface area contributed by atoms with Crippen molar-refractivity contribution in [2.45, 2.75) is 19.9 Å². The molecule has 5 nitrogen and oxygen atoms in total. The zero-order valence-corrected chi connectivity index (χ0v) is 13.0. The van der Waals surface area contributed by atoms with Crippen LogP contribution in [0.4, 0.5) is 0 Å². The summed E-state index contributed by atoms with van der Waals surface area (Å²) in [5.74, 6) is 0.848. The van der Waals surface area contributed by atoms with Gasteiger partial charge in [-0.2, -0.15) is 5.10 Å². The molecule has 2 aromatic heterocycles. The Kier molecular flexibility index (Phi) is 3.79. The number of aromatic nitrogens is 4. The summed E-state index contributed by atoms with van der Waals surface area (Å²) < 4.78 is 10.4. The van der Waals surface area contributed by atoms with Crippen molar-refractivity contribution in [2.24, 2.45) is 7.05 Å². The van der Waals surface area contributed by atoms with Crippen LogP contribution < -0.4 is 4.74 Å². The highest BCUT2D eigenvalue weighted by molar-refractivity contribution is 7.71. The van der Waals surface area contributed by atoms with Gasteiger partial charge in [0.15, 0.2) is 4.77 Å². The van der Waals surface area contributed by atoms with Gasteiger partial charge in [0.25, 0.3) is 0 Å². The van der Waals surface area contributed by atoms with Crippen LogP contribution in [0.2, 0.25) is 0 Å². The normalized spacial score (nSPS) is 11.1. The monoisotopic (exact) mass is 302 g/mol. The highest BCUT2D eigenvalue weighted by Gasteiger charge is 2.09. The van der Waals surface area contributed by atoms with E-state index in [1.807, 2.05) is 43.0 Å². The van der Waals surface area contributed by atoms with Crippen LogP contribution in [0.3, 0.4) is 0 Å². The molecule has 2 heterocycles. The van der Waals surface area contributed by atoms with Crippen molar-refractivity contribution in [3.8, 4) is 5.75 Å². The number of benzene rings is 1. The summed E-state index contributed by atoms with van der Waals surface area (Å²) in [6, 6.07) is 8.05. The summed E-state index contributed by atoms with van der Waals surface area (Å²) in [6.07, 6.45) is 2.70. The zero-order valence-electron chi connectivity index (χ0n) is 12.2. The van der Waals surface area contributed by atoms with Crippen LogP contribution in [-0.2, 0) is 20.0 Å². The Hall–Kier alpha value is -2.08. The number of fused-ring (bicyclic) bond motifs is 1. The molecule has 3 rings (SSSR count). The van der Waals surface area contributed by atoms with Gasteiger partial charge in [-0.05, 0) is 37.3 Å². The van der Waals surface area contributed by atoms with E-state index in [0.29, 0.717) is 6.61 Å². The fourth-order valence-corrected chi connectivity index (χ4v) is 2.82. The molecule has 0 saturated heterocycles. The lowest BCUT2D eigenvalue weighted by molar-refractivity contribution is 0.343. The van der Waals surface area contributed by atoms with E-state index in [1.165, 1.54) is 5.69 Å². The molecule has 3 aromatic rings. The number of imidazole rings is 1. The SMILES string of the molecule is CCOc1cccc2c1[nH]c(=S)n2CCc1ccnn1C. The highest BCUT2D eigenvalue weighted by Crippen LogP contribution is 2.25. The molecule has 110 valence electrons. The number of para-hydroxylation sites is 1. The first-order valence-corrected chi connectivity index (χ1v) is 7.42.